The SMILES string of the molecule is Nc1ccc(C(=O)NCc2ccc(F)c(Cl)c2)c(N)c1. The van der Waals surface area contributed by atoms with Crippen LogP contribution in [0.2, 0.25) is 5.02 Å². The number of hydrogen-bond donors (Lipinski definition) is 3. The molecular weight excluding hydrogens is 281 g/mol. The van der Waals surface area contributed by atoms with E-state index in [2.05, 4.69) is 5.32 Å². The van der Waals surface area contributed by atoms with Gasteiger partial charge < -0.3 is 16.8 Å². The quantitative estimate of drug-likeness (QED) is 0.761. The van der Waals surface area contributed by atoms with Gasteiger partial charge in [0.1, 0.15) is 5.82 Å². The van der Waals surface area contributed by atoms with Crippen molar-refractivity contribution in [1.82, 2.24) is 5.32 Å². The normalized spacial score (nSPS) is 10.3. The van der Waals surface area contributed by atoms with Crippen LogP contribution in [0, 0.1) is 5.82 Å². The van der Waals surface area contributed by atoms with E-state index in [0.29, 0.717) is 22.5 Å². The Morgan fingerprint density at radius 2 is 1.95 bits per heavy atom. The Kier molecular flexibility index (Phi) is 4.10. The minimum atomic E-state index is -0.496. The van der Waals surface area contributed by atoms with Crippen LogP contribution in [0.3, 0.4) is 0 Å². The van der Waals surface area contributed by atoms with Crippen molar-refractivity contribution in [2.24, 2.45) is 0 Å². The molecule has 0 unspecified atom stereocenters. The lowest BCUT2D eigenvalue weighted by atomic mass is 10.1. The second kappa shape index (κ2) is 5.79. The van der Waals surface area contributed by atoms with Crippen LogP contribution in [0.4, 0.5) is 15.8 Å². The average molecular weight is 294 g/mol. The molecule has 0 radical (unpaired) electrons. The lowest BCUT2D eigenvalue weighted by Crippen LogP contribution is -2.23. The number of nitrogens with one attached hydrogen (secondary N) is 1. The van der Waals surface area contributed by atoms with Gasteiger partial charge in [0.15, 0.2) is 0 Å². The fraction of sp³-hybridized carbons (Fsp3) is 0.0714. The van der Waals surface area contributed by atoms with E-state index < -0.39 is 5.82 Å². The topological polar surface area (TPSA) is 81.1 Å². The average Bonchev–Trinajstić information content (AvgIpc) is 2.40. The monoisotopic (exact) mass is 293 g/mol. The maximum Gasteiger partial charge on any atom is 0.253 e. The number of hydrogen-bond acceptors (Lipinski definition) is 3. The van der Waals surface area contributed by atoms with Gasteiger partial charge in [0.2, 0.25) is 0 Å². The lowest BCUT2D eigenvalue weighted by molar-refractivity contribution is 0.0952. The summed E-state index contributed by atoms with van der Waals surface area (Å²) in [6.07, 6.45) is 0. The van der Waals surface area contributed by atoms with Gasteiger partial charge in [0.05, 0.1) is 10.6 Å². The first-order valence-corrected chi connectivity index (χ1v) is 6.22. The molecule has 0 aliphatic rings. The van der Waals surface area contributed by atoms with E-state index in [1.54, 1.807) is 18.2 Å². The zero-order valence-electron chi connectivity index (χ0n) is 10.5. The summed E-state index contributed by atoms with van der Waals surface area (Å²) in [4.78, 5) is 12.0. The van der Waals surface area contributed by atoms with Crippen molar-refractivity contribution < 1.29 is 9.18 Å². The molecule has 0 bridgehead atoms. The predicted octanol–water partition coefficient (Wildman–Crippen LogP) is 2.57. The molecule has 0 aliphatic carbocycles. The largest absolute Gasteiger partial charge is 0.399 e. The number of rotatable bonds is 3. The van der Waals surface area contributed by atoms with Crippen molar-refractivity contribution in [3.8, 4) is 0 Å². The van der Waals surface area contributed by atoms with Gasteiger partial charge in [-0.05, 0) is 35.9 Å². The third kappa shape index (κ3) is 3.19. The van der Waals surface area contributed by atoms with Crippen LogP contribution < -0.4 is 16.8 Å². The minimum absolute atomic E-state index is 0.0174. The van der Waals surface area contributed by atoms with E-state index in [4.69, 9.17) is 23.1 Å². The summed E-state index contributed by atoms with van der Waals surface area (Å²) in [5.74, 6) is -0.826. The highest BCUT2D eigenvalue weighted by atomic mass is 35.5. The Bertz CT molecular complexity index is 661. The van der Waals surface area contributed by atoms with Crippen LogP contribution in [0.1, 0.15) is 15.9 Å². The Labute approximate surface area is 120 Å². The molecule has 20 heavy (non-hydrogen) atoms. The van der Waals surface area contributed by atoms with Crippen molar-refractivity contribution in [2.75, 3.05) is 11.5 Å². The van der Waals surface area contributed by atoms with Gasteiger partial charge in [0, 0.05) is 17.9 Å². The summed E-state index contributed by atoms with van der Waals surface area (Å²) in [6, 6.07) is 8.93. The number of nitrogen functional groups attached to an aromatic ring is 2. The number of nitrogens with two attached hydrogens (primary N) is 2. The molecule has 2 rings (SSSR count). The molecule has 0 aliphatic heterocycles. The Morgan fingerprint density at radius 1 is 1.20 bits per heavy atom. The predicted molar refractivity (Wildman–Crippen MR) is 77.8 cm³/mol. The van der Waals surface area contributed by atoms with Crippen molar-refractivity contribution in [3.05, 3.63) is 58.4 Å². The van der Waals surface area contributed by atoms with Crippen LogP contribution in [-0.4, -0.2) is 5.91 Å². The highest BCUT2D eigenvalue weighted by Crippen LogP contribution is 2.17. The van der Waals surface area contributed by atoms with Gasteiger partial charge in [0.25, 0.3) is 5.91 Å². The first kappa shape index (κ1) is 14.1. The molecule has 0 aromatic heterocycles. The van der Waals surface area contributed by atoms with Gasteiger partial charge in [-0.1, -0.05) is 17.7 Å². The molecule has 5 N–H and O–H groups in total. The van der Waals surface area contributed by atoms with Gasteiger partial charge in [-0.25, -0.2) is 4.39 Å². The van der Waals surface area contributed by atoms with Crippen molar-refractivity contribution in [1.29, 1.82) is 0 Å². The summed E-state index contributed by atoms with van der Waals surface area (Å²) in [5.41, 5.74) is 13.1. The number of carbonyl (C=O) groups excluding carboxylic acids is 1. The summed E-state index contributed by atoms with van der Waals surface area (Å²) in [6.45, 7) is 0.225. The van der Waals surface area contributed by atoms with Crippen molar-refractivity contribution in [2.45, 2.75) is 6.54 Å². The summed E-state index contributed by atoms with van der Waals surface area (Å²) < 4.78 is 13.0. The maximum atomic E-state index is 13.0. The van der Waals surface area contributed by atoms with E-state index in [-0.39, 0.29) is 17.5 Å². The highest BCUT2D eigenvalue weighted by Gasteiger charge is 2.10. The van der Waals surface area contributed by atoms with Crippen LogP contribution in [0.5, 0.6) is 0 Å². The van der Waals surface area contributed by atoms with Gasteiger partial charge in [-0.15, -0.1) is 0 Å². The maximum absolute atomic E-state index is 13.0. The van der Waals surface area contributed by atoms with Crippen LogP contribution in [-0.2, 0) is 6.54 Å². The number of anilines is 2. The molecule has 104 valence electrons. The third-order valence-electron chi connectivity index (χ3n) is 2.76. The summed E-state index contributed by atoms with van der Waals surface area (Å²) in [5, 5.41) is 2.70. The van der Waals surface area contributed by atoms with E-state index in [0.717, 1.165) is 0 Å². The second-order valence-electron chi connectivity index (χ2n) is 4.28. The lowest BCUT2D eigenvalue weighted by Gasteiger charge is -2.08. The summed E-state index contributed by atoms with van der Waals surface area (Å²) >= 11 is 5.67. The molecule has 0 heterocycles. The van der Waals surface area contributed by atoms with E-state index in [9.17, 15) is 9.18 Å². The minimum Gasteiger partial charge on any atom is -0.399 e. The fourth-order valence-electron chi connectivity index (χ4n) is 1.72. The van der Waals surface area contributed by atoms with Crippen molar-refractivity contribution >= 4 is 28.9 Å². The van der Waals surface area contributed by atoms with E-state index in [1.807, 2.05) is 0 Å². The molecule has 0 saturated heterocycles. The Hall–Kier alpha value is -2.27. The van der Waals surface area contributed by atoms with Crippen LogP contribution in [0.25, 0.3) is 0 Å². The summed E-state index contributed by atoms with van der Waals surface area (Å²) in [7, 11) is 0. The van der Waals surface area contributed by atoms with Crippen LogP contribution >= 0.6 is 11.6 Å². The number of benzene rings is 2. The zero-order chi connectivity index (χ0) is 14.7. The molecule has 2 aromatic carbocycles. The molecule has 0 saturated carbocycles. The van der Waals surface area contributed by atoms with Crippen LogP contribution in [0.15, 0.2) is 36.4 Å². The Balaban J connectivity index is 2.06. The first-order valence-electron chi connectivity index (χ1n) is 5.84. The van der Waals surface area contributed by atoms with Gasteiger partial charge >= 0.3 is 0 Å². The zero-order valence-corrected chi connectivity index (χ0v) is 11.2. The second-order valence-corrected chi connectivity index (χ2v) is 4.69. The molecule has 0 fully saturated rings. The van der Waals surface area contributed by atoms with E-state index in [1.165, 1.54) is 18.2 Å². The molecular formula is C14H13ClFN3O. The van der Waals surface area contributed by atoms with Crippen molar-refractivity contribution in [3.63, 3.8) is 0 Å². The molecule has 4 nitrogen and oxygen atoms in total. The number of halogens is 2. The molecule has 0 spiro atoms. The first-order chi connectivity index (χ1) is 9.47. The third-order valence-corrected chi connectivity index (χ3v) is 3.05. The smallest absolute Gasteiger partial charge is 0.253 e. The van der Waals surface area contributed by atoms with Gasteiger partial charge in [-0.3, -0.25) is 4.79 Å². The molecule has 6 heteroatoms. The fourth-order valence-corrected chi connectivity index (χ4v) is 1.92. The standard InChI is InChI=1S/C14H13ClFN3O/c15-11-5-8(1-4-12(11)16)7-19-14(20)10-3-2-9(17)6-13(10)18/h1-6H,7,17-18H2,(H,19,20). The molecule has 1 amide bonds. The molecule has 2 aromatic rings. The molecule has 0 atom stereocenters. The van der Waals surface area contributed by atoms with E-state index >= 15 is 0 Å². The highest BCUT2D eigenvalue weighted by molar-refractivity contribution is 6.30. The van der Waals surface area contributed by atoms with Gasteiger partial charge in [-0.2, -0.15) is 0 Å². The number of amides is 1. The Morgan fingerprint density at radius 3 is 2.60 bits per heavy atom. The number of carbonyl (C=O) groups is 1.